The summed E-state index contributed by atoms with van der Waals surface area (Å²) in [7, 11) is -3.29. The summed E-state index contributed by atoms with van der Waals surface area (Å²) in [6.45, 7) is 2.70. The fraction of sp³-hybridized carbons (Fsp3) is 0.556. The lowest BCUT2D eigenvalue weighted by atomic mass is 9.88. The Balaban J connectivity index is 1.67. The number of benzene rings is 1. The molecule has 1 spiro atoms. The standard InChI is InChI=1S/C18H25N3O4S/c1-2-3-13-26(24,25)20-11-9-18(10-12-20)16(22)21(17(23)19-18)14-15-7-5-4-6-8-15/h4-8H,2-3,9-14H2,1H3,(H,19,23). The van der Waals surface area contributed by atoms with Crippen molar-refractivity contribution in [2.75, 3.05) is 18.8 Å². The van der Waals surface area contributed by atoms with Gasteiger partial charge in [0.15, 0.2) is 0 Å². The molecule has 2 fully saturated rings. The van der Waals surface area contributed by atoms with Crippen molar-refractivity contribution in [1.29, 1.82) is 0 Å². The molecule has 1 aromatic carbocycles. The Morgan fingerprint density at radius 1 is 1.12 bits per heavy atom. The van der Waals surface area contributed by atoms with E-state index in [1.54, 1.807) is 0 Å². The summed E-state index contributed by atoms with van der Waals surface area (Å²) in [5.74, 6) is -0.117. The highest BCUT2D eigenvalue weighted by molar-refractivity contribution is 7.89. The Hall–Kier alpha value is -1.93. The van der Waals surface area contributed by atoms with Crippen molar-refractivity contribution in [1.82, 2.24) is 14.5 Å². The second-order valence-electron chi connectivity index (χ2n) is 6.96. The summed E-state index contributed by atoms with van der Waals surface area (Å²) < 4.78 is 26.1. The fourth-order valence-electron chi connectivity index (χ4n) is 3.53. The van der Waals surface area contributed by atoms with Gasteiger partial charge in [0.05, 0.1) is 12.3 Å². The molecule has 0 atom stereocenters. The zero-order chi connectivity index (χ0) is 18.8. The highest BCUT2D eigenvalue weighted by atomic mass is 32.2. The van der Waals surface area contributed by atoms with Gasteiger partial charge in [-0.3, -0.25) is 9.69 Å². The number of imide groups is 1. The van der Waals surface area contributed by atoms with E-state index in [2.05, 4.69) is 5.32 Å². The molecule has 2 aliphatic rings. The molecule has 1 aromatic rings. The monoisotopic (exact) mass is 379 g/mol. The van der Waals surface area contributed by atoms with Gasteiger partial charge in [-0.1, -0.05) is 43.7 Å². The number of rotatable bonds is 6. The summed E-state index contributed by atoms with van der Waals surface area (Å²) in [5, 5.41) is 2.82. The Bertz CT molecular complexity index is 771. The topological polar surface area (TPSA) is 86.8 Å². The van der Waals surface area contributed by atoms with Crippen LogP contribution in [0.3, 0.4) is 0 Å². The minimum Gasteiger partial charge on any atom is -0.323 e. The molecule has 2 saturated heterocycles. The van der Waals surface area contributed by atoms with Crippen LogP contribution in [-0.4, -0.2) is 53.9 Å². The van der Waals surface area contributed by atoms with Crippen LogP contribution >= 0.6 is 0 Å². The quantitative estimate of drug-likeness (QED) is 0.762. The first-order valence-electron chi connectivity index (χ1n) is 9.04. The van der Waals surface area contributed by atoms with Gasteiger partial charge in [-0.25, -0.2) is 17.5 Å². The van der Waals surface area contributed by atoms with Crippen LogP contribution < -0.4 is 5.32 Å². The molecule has 8 heteroatoms. The first-order chi connectivity index (χ1) is 12.4. The third-order valence-corrected chi connectivity index (χ3v) is 7.11. The number of piperidine rings is 1. The molecule has 0 bridgehead atoms. The number of nitrogens with zero attached hydrogens (tertiary/aromatic N) is 2. The third-order valence-electron chi connectivity index (χ3n) is 5.15. The SMILES string of the molecule is CCCCS(=O)(=O)N1CCC2(CC1)NC(=O)N(Cc1ccccc1)C2=O. The largest absolute Gasteiger partial charge is 0.325 e. The van der Waals surface area contributed by atoms with Gasteiger partial charge >= 0.3 is 6.03 Å². The zero-order valence-corrected chi connectivity index (χ0v) is 15.8. The van der Waals surface area contributed by atoms with Crippen LogP contribution in [0.2, 0.25) is 0 Å². The van der Waals surface area contributed by atoms with E-state index in [0.29, 0.717) is 19.3 Å². The van der Waals surface area contributed by atoms with E-state index in [0.717, 1.165) is 12.0 Å². The number of unbranched alkanes of at least 4 members (excludes halogenated alkanes) is 1. The van der Waals surface area contributed by atoms with E-state index in [1.165, 1.54) is 9.21 Å². The van der Waals surface area contributed by atoms with Gasteiger partial charge in [-0.2, -0.15) is 0 Å². The van der Waals surface area contributed by atoms with Gasteiger partial charge < -0.3 is 5.32 Å². The molecule has 3 amide bonds. The smallest absolute Gasteiger partial charge is 0.323 e. The highest BCUT2D eigenvalue weighted by Crippen LogP contribution is 2.31. The minimum absolute atomic E-state index is 0.136. The summed E-state index contributed by atoms with van der Waals surface area (Å²) in [6.07, 6.45) is 2.08. The van der Waals surface area contributed by atoms with Crippen molar-refractivity contribution in [3.05, 3.63) is 35.9 Å². The zero-order valence-electron chi connectivity index (χ0n) is 15.0. The number of carbonyl (C=O) groups is 2. The van der Waals surface area contributed by atoms with E-state index in [1.807, 2.05) is 37.3 Å². The lowest BCUT2D eigenvalue weighted by molar-refractivity contribution is -0.133. The summed E-state index contributed by atoms with van der Waals surface area (Å²) >= 11 is 0. The normalized spacial score (nSPS) is 20.6. The summed E-state index contributed by atoms with van der Waals surface area (Å²) in [4.78, 5) is 26.5. The Morgan fingerprint density at radius 3 is 2.38 bits per heavy atom. The maximum Gasteiger partial charge on any atom is 0.325 e. The van der Waals surface area contributed by atoms with Crippen LogP contribution in [0.5, 0.6) is 0 Å². The Morgan fingerprint density at radius 2 is 1.77 bits per heavy atom. The number of hydrogen-bond donors (Lipinski definition) is 1. The number of nitrogens with one attached hydrogen (secondary N) is 1. The lowest BCUT2D eigenvalue weighted by Crippen LogP contribution is -2.56. The molecule has 26 heavy (non-hydrogen) atoms. The van der Waals surface area contributed by atoms with Gasteiger partial charge in [0.1, 0.15) is 5.54 Å². The molecule has 0 unspecified atom stereocenters. The first kappa shape index (κ1) is 18.8. The molecular weight excluding hydrogens is 354 g/mol. The number of urea groups is 1. The maximum atomic E-state index is 12.9. The molecule has 7 nitrogen and oxygen atoms in total. The van der Waals surface area contributed by atoms with Gasteiger partial charge in [0.25, 0.3) is 5.91 Å². The highest BCUT2D eigenvalue weighted by Gasteiger charge is 2.53. The van der Waals surface area contributed by atoms with Crippen molar-refractivity contribution in [3.63, 3.8) is 0 Å². The predicted molar refractivity (Wildman–Crippen MR) is 97.8 cm³/mol. The number of hydrogen-bond acceptors (Lipinski definition) is 4. The molecule has 0 saturated carbocycles. The van der Waals surface area contributed by atoms with Crippen molar-refractivity contribution < 1.29 is 18.0 Å². The molecule has 0 aliphatic carbocycles. The summed E-state index contributed by atoms with van der Waals surface area (Å²) in [6, 6.07) is 8.95. The molecule has 3 rings (SSSR count). The van der Waals surface area contributed by atoms with Crippen LogP contribution in [0.25, 0.3) is 0 Å². The summed E-state index contributed by atoms with van der Waals surface area (Å²) in [5.41, 5.74) is -0.0875. The molecular formula is C18H25N3O4S. The van der Waals surface area contributed by atoms with E-state index < -0.39 is 21.6 Å². The van der Waals surface area contributed by atoms with Crippen LogP contribution in [0.15, 0.2) is 30.3 Å². The molecule has 0 aromatic heterocycles. The van der Waals surface area contributed by atoms with E-state index in [-0.39, 0.29) is 31.3 Å². The van der Waals surface area contributed by atoms with E-state index in [9.17, 15) is 18.0 Å². The second-order valence-corrected chi connectivity index (χ2v) is 9.05. The van der Waals surface area contributed by atoms with Gasteiger partial charge in [0.2, 0.25) is 10.0 Å². The molecule has 1 N–H and O–H groups in total. The molecule has 0 radical (unpaired) electrons. The Labute approximate surface area is 154 Å². The van der Waals surface area contributed by atoms with Crippen LogP contribution in [0, 0.1) is 0 Å². The van der Waals surface area contributed by atoms with Crippen molar-refractivity contribution in [2.45, 2.75) is 44.7 Å². The van der Waals surface area contributed by atoms with Crippen LogP contribution in [-0.2, 0) is 21.4 Å². The number of amides is 3. The lowest BCUT2D eigenvalue weighted by Gasteiger charge is -2.36. The molecule has 2 heterocycles. The van der Waals surface area contributed by atoms with E-state index in [4.69, 9.17) is 0 Å². The van der Waals surface area contributed by atoms with Gasteiger partial charge in [0, 0.05) is 13.1 Å². The number of sulfonamides is 1. The van der Waals surface area contributed by atoms with Crippen LogP contribution in [0.4, 0.5) is 4.79 Å². The average molecular weight is 379 g/mol. The van der Waals surface area contributed by atoms with Gasteiger partial charge in [-0.05, 0) is 24.8 Å². The average Bonchev–Trinajstić information content (AvgIpc) is 2.85. The van der Waals surface area contributed by atoms with Crippen molar-refractivity contribution in [2.24, 2.45) is 0 Å². The van der Waals surface area contributed by atoms with Gasteiger partial charge in [-0.15, -0.1) is 0 Å². The predicted octanol–water partition coefficient (Wildman–Crippen LogP) is 1.70. The molecule has 2 aliphatic heterocycles. The van der Waals surface area contributed by atoms with E-state index >= 15 is 0 Å². The van der Waals surface area contributed by atoms with Crippen molar-refractivity contribution >= 4 is 22.0 Å². The Kier molecular flexibility index (Phi) is 5.34. The fourth-order valence-corrected chi connectivity index (χ4v) is 5.18. The van der Waals surface area contributed by atoms with Crippen LogP contribution in [0.1, 0.15) is 38.2 Å². The molecule has 142 valence electrons. The second kappa shape index (κ2) is 7.36. The maximum absolute atomic E-state index is 12.9. The minimum atomic E-state index is -3.29. The third kappa shape index (κ3) is 3.61. The van der Waals surface area contributed by atoms with Crippen molar-refractivity contribution in [3.8, 4) is 0 Å². The number of carbonyl (C=O) groups excluding carboxylic acids is 2. The first-order valence-corrected chi connectivity index (χ1v) is 10.6.